The zero-order chi connectivity index (χ0) is 66.6. The Morgan fingerprint density at radius 1 is 0.213 bits per heavy atom. The molecule has 32 heteroatoms. The van der Waals surface area contributed by atoms with Crippen LogP contribution in [0.3, 0.4) is 0 Å². The molecule has 486 valence electrons. The molecule has 0 aromatic heterocycles. The summed E-state index contributed by atoms with van der Waals surface area (Å²) >= 11 is 0. The van der Waals surface area contributed by atoms with Gasteiger partial charge in [-0.05, 0) is 38.5 Å². The second kappa shape index (κ2) is 28.6. The summed E-state index contributed by atoms with van der Waals surface area (Å²) in [6.07, 6.45) is -9.14. The molecule has 0 radical (unpaired) electrons. The fourth-order valence-corrected chi connectivity index (χ4v) is 21.1. The minimum Gasteiger partial charge on any atom is -0.503 e. The SMILES string of the molecule is Oc1c(F)c(F)c(C/C=C/[Si](CCCc2c(F)c(F)c(O)c(F)c2F)(CCCc2c(F)c(F)c(O)c(F)c2F)CCC[Si](CCCc2c(F)c(F)c(O)c(F)c2F)(CCCc2c(F)c(F)c(O)c(F)c2F)CCCc2c(F)c(F)c(O)c(F)c2F)c(F)c1F. The lowest BCUT2D eigenvalue weighted by Gasteiger charge is -2.35. The van der Waals surface area contributed by atoms with Crippen LogP contribution < -0.4 is 0 Å². The maximum atomic E-state index is 15.2. The number of aromatic hydroxyl groups is 6. The van der Waals surface area contributed by atoms with Crippen molar-refractivity contribution < 1.29 is 136 Å². The highest BCUT2D eigenvalue weighted by Gasteiger charge is 2.38. The summed E-state index contributed by atoms with van der Waals surface area (Å²) in [5.41, 5.74) is -7.11. The van der Waals surface area contributed by atoms with Crippen LogP contribution in [0.2, 0.25) is 42.3 Å². The van der Waals surface area contributed by atoms with Gasteiger partial charge in [-0.1, -0.05) is 92.6 Å². The molecule has 0 atom stereocenters. The highest BCUT2D eigenvalue weighted by Crippen LogP contribution is 2.42. The smallest absolute Gasteiger partial charge is 0.203 e. The molecule has 0 amide bonds. The second-order valence-electron chi connectivity index (χ2n) is 21.1. The molecule has 0 aliphatic heterocycles. The first-order chi connectivity index (χ1) is 41.6. The van der Waals surface area contributed by atoms with Crippen LogP contribution in [0, 0.1) is 140 Å². The monoisotopic (exact) mass is 1340 g/mol. The van der Waals surface area contributed by atoms with E-state index in [1.54, 1.807) is 0 Å². The summed E-state index contributed by atoms with van der Waals surface area (Å²) in [6, 6.07) is -3.38. The molecular weight excluding hydrogens is 1290 g/mol. The molecule has 0 saturated carbocycles. The van der Waals surface area contributed by atoms with Crippen molar-refractivity contribution in [3.05, 3.63) is 185 Å². The third kappa shape index (κ3) is 14.3. The summed E-state index contributed by atoms with van der Waals surface area (Å²) in [5, 5.41) is 57.6. The van der Waals surface area contributed by atoms with E-state index in [0.717, 1.165) is 11.8 Å². The maximum Gasteiger partial charge on any atom is 0.203 e. The number of halogens is 24. The van der Waals surface area contributed by atoms with Crippen LogP contribution in [-0.4, -0.2) is 46.8 Å². The van der Waals surface area contributed by atoms with Crippen LogP contribution in [0.15, 0.2) is 11.8 Å². The van der Waals surface area contributed by atoms with E-state index >= 15 is 52.7 Å². The number of rotatable bonds is 27. The van der Waals surface area contributed by atoms with E-state index < -0.39 is 343 Å². The molecule has 0 aliphatic rings. The molecule has 6 nitrogen and oxygen atoms in total. The lowest BCUT2D eigenvalue weighted by atomic mass is 10.1. The summed E-state index contributed by atoms with van der Waals surface area (Å²) in [4.78, 5) is 0. The van der Waals surface area contributed by atoms with Crippen LogP contribution in [0.1, 0.15) is 71.9 Å². The van der Waals surface area contributed by atoms with Gasteiger partial charge in [0.15, 0.2) is 104 Å². The first kappa shape index (κ1) is 70.7. The van der Waals surface area contributed by atoms with Gasteiger partial charge < -0.3 is 30.6 Å². The number of hydrogen-bond acceptors (Lipinski definition) is 6. The molecule has 0 aliphatic carbocycles. The lowest BCUT2D eigenvalue weighted by Crippen LogP contribution is -2.37. The normalized spacial score (nSPS) is 12.2. The summed E-state index contributed by atoms with van der Waals surface area (Å²) in [6.45, 7) is 0. The predicted molar refractivity (Wildman–Crippen MR) is 272 cm³/mol. The molecule has 89 heavy (non-hydrogen) atoms. The van der Waals surface area contributed by atoms with Crippen molar-refractivity contribution in [2.24, 2.45) is 0 Å². The van der Waals surface area contributed by atoms with Crippen LogP contribution in [0.4, 0.5) is 105 Å². The quantitative estimate of drug-likeness (QED) is 0.0174. The Labute approximate surface area is 489 Å². The Morgan fingerprint density at radius 2 is 0.382 bits per heavy atom. The van der Waals surface area contributed by atoms with Gasteiger partial charge in [0, 0.05) is 33.4 Å². The molecule has 0 fully saturated rings. The first-order valence-corrected chi connectivity index (χ1v) is 32.0. The maximum absolute atomic E-state index is 15.2. The number of hydrogen-bond donors (Lipinski definition) is 6. The summed E-state index contributed by atoms with van der Waals surface area (Å²) < 4.78 is 358. The van der Waals surface area contributed by atoms with E-state index in [0.29, 0.717) is 0 Å². The first-order valence-electron chi connectivity index (χ1n) is 26.5. The number of allylic oxidation sites excluding steroid dienone is 1. The highest BCUT2D eigenvalue weighted by molar-refractivity contribution is 6.85. The molecule has 0 saturated heterocycles. The van der Waals surface area contributed by atoms with Crippen LogP contribution in [-0.2, 0) is 38.5 Å². The lowest BCUT2D eigenvalue weighted by molar-refractivity contribution is 0.350. The summed E-state index contributed by atoms with van der Waals surface area (Å²) in [5.74, 6) is -65.8. The van der Waals surface area contributed by atoms with Gasteiger partial charge in [0.1, 0.15) is 0 Å². The Balaban J connectivity index is 1.52. The Morgan fingerprint density at radius 3 is 0.596 bits per heavy atom. The zero-order valence-electron chi connectivity index (χ0n) is 45.3. The average Bonchev–Trinajstić information content (AvgIpc) is 1.67. The predicted octanol–water partition coefficient (Wildman–Crippen LogP) is 17.3. The highest BCUT2D eigenvalue weighted by atomic mass is 28.3. The Kier molecular flexibility index (Phi) is 22.7. The minimum absolute atomic E-state index is 0.404. The third-order valence-corrected chi connectivity index (χ3v) is 26.4. The third-order valence-electron chi connectivity index (χ3n) is 15.8. The Hall–Kier alpha value is -7.39. The van der Waals surface area contributed by atoms with Crippen LogP contribution >= 0.6 is 0 Å². The molecule has 6 aromatic rings. The van der Waals surface area contributed by atoms with Gasteiger partial charge in [0.25, 0.3) is 0 Å². The second-order valence-corrected chi connectivity index (χ2v) is 30.6. The minimum atomic E-state index is -4.15. The number of phenols is 6. The molecule has 6 rings (SSSR count). The fourth-order valence-electron chi connectivity index (χ4n) is 11.0. The van der Waals surface area contributed by atoms with Gasteiger partial charge in [-0.3, -0.25) is 0 Å². The largest absolute Gasteiger partial charge is 0.503 e. The van der Waals surface area contributed by atoms with Gasteiger partial charge in [-0.25, -0.2) is 52.7 Å². The van der Waals surface area contributed by atoms with E-state index in [4.69, 9.17) is 0 Å². The van der Waals surface area contributed by atoms with Crippen molar-refractivity contribution >= 4 is 16.1 Å². The van der Waals surface area contributed by atoms with Crippen molar-refractivity contribution in [3.8, 4) is 34.5 Å². The van der Waals surface area contributed by atoms with Crippen molar-refractivity contribution in [2.75, 3.05) is 0 Å². The Bertz CT molecular complexity index is 3300. The van der Waals surface area contributed by atoms with E-state index in [2.05, 4.69) is 0 Å². The van der Waals surface area contributed by atoms with Crippen molar-refractivity contribution in [1.29, 1.82) is 0 Å². The topological polar surface area (TPSA) is 121 Å². The fraction of sp³-hybridized carbons (Fsp3) is 0.333. The molecule has 0 unspecified atom stereocenters. The molecule has 0 heterocycles. The van der Waals surface area contributed by atoms with Gasteiger partial charge in [0.05, 0.1) is 16.1 Å². The number of phenolic OH excluding ortho intramolecular Hbond substituents is 6. The van der Waals surface area contributed by atoms with E-state index in [1.807, 2.05) is 0 Å². The molecule has 6 aromatic carbocycles. The molecular formula is C57H46F24O6Si2. The van der Waals surface area contributed by atoms with Gasteiger partial charge in [-0.2, -0.15) is 52.7 Å². The van der Waals surface area contributed by atoms with E-state index in [-0.39, 0.29) is 0 Å². The van der Waals surface area contributed by atoms with Gasteiger partial charge >= 0.3 is 0 Å². The van der Waals surface area contributed by atoms with Crippen molar-refractivity contribution in [3.63, 3.8) is 0 Å². The van der Waals surface area contributed by atoms with Crippen LogP contribution in [0.25, 0.3) is 0 Å². The standard InChI is InChI=1S/C57H46F24O6Si2/c58-28-22(29(59)41(71)52(82)40(28)70)8-1-14-88(15-2-9-23-30(60)42(72)53(83)43(73)31(23)61,16-3-10-24-32(62)44(74)54(84)45(75)33(24)63)20-7-21-89(17-4-11-25-34(64)46(76)55(85)47(77)35(25)65,18-5-12-26-36(66)48(78)56(86)49(79)37(26)67)19-6-13-27-38(68)50(80)57(87)51(81)39(27)69/h1,14,82-87H,2-13,15-21H2/b14-1+. The van der Waals surface area contributed by atoms with Crippen molar-refractivity contribution in [1.82, 2.24) is 0 Å². The van der Waals surface area contributed by atoms with E-state index in [9.17, 15) is 83.3 Å². The summed E-state index contributed by atoms with van der Waals surface area (Å²) in [7, 11) is -8.14. The zero-order valence-corrected chi connectivity index (χ0v) is 47.3. The van der Waals surface area contributed by atoms with Crippen molar-refractivity contribution in [2.45, 2.75) is 119 Å². The van der Waals surface area contributed by atoms with E-state index in [1.165, 1.54) is 0 Å². The number of benzene rings is 6. The van der Waals surface area contributed by atoms with Gasteiger partial charge in [-0.15, -0.1) is 0 Å². The molecule has 0 spiro atoms. The average molecular weight is 1340 g/mol. The molecule has 0 bridgehead atoms. The van der Waals surface area contributed by atoms with Crippen LogP contribution in [0.5, 0.6) is 34.5 Å². The van der Waals surface area contributed by atoms with Gasteiger partial charge in [0.2, 0.25) is 69.8 Å². The molecule has 6 N–H and O–H groups in total.